The quantitative estimate of drug-likeness (QED) is 0.356. The molecule has 0 saturated carbocycles. The summed E-state index contributed by atoms with van der Waals surface area (Å²) in [6.07, 6.45) is 4.26. The first-order valence-electron chi connectivity index (χ1n) is 12.1. The third-order valence-corrected chi connectivity index (χ3v) is 8.19. The Labute approximate surface area is 199 Å². The lowest BCUT2D eigenvalue weighted by atomic mass is 9.99. The predicted octanol–water partition coefficient (Wildman–Crippen LogP) is 6.27. The van der Waals surface area contributed by atoms with E-state index in [4.69, 9.17) is 4.98 Å². The van der Waals surface area contributed by atoms with E-state index < -0.39 is 0 Å². The van der Waals surface area contributed by atoms with Crippen LogP contribution in [0.4, 0.5) is 5.82 Å². The second-order valence-electron chi connectivity index (χ2n) is 9.73. The van der Waals surface area contributed by atoms with E-state index in [1.165, 1.54) is 54.6 Å². The van der Waals surface area contributed by atoms with Crippen LogP contribution in [-0.2, 0) is 0 Å². The molecule has 2 aliphatic rings. The highest BCUT2D eigenvalue weighted by Gasteiger charge is 2.37. The molecule has 4 nitrogen and oxygen atoms in total. The van der Waals surface area contributed by atoms with Crippen LogP contribution in [0.3, 0.4) is 0 Å². The maximum Gasteiger partial charge on any atom is 0.141 e. The van der Waals surface area contributed by atoms with E-state index in [0.717, 1.165) is 23.1 Å². The molecule has 6 rings (SSSR count). The first-order valence-corrected chi connectivity index (χ1v) is 13.0. The minimum absolute atomic E-state index is 0.345. The smallest absolute Gasteiger partial charge is 0.141 e. The summed E-state index contributed by atoms with van der Waals surface area (Å²) in [5, 5.41) is 3.44. The summed E-state index contributed by atoms with van der Waals surface area (Å²) >= 11 is 1.72. The number of aromatic nitrogens is 2. The molecule has 168 valence electrons. The number of rotatable bonds is 5. The third-order valence-electron chi connectivity index (χ3n) is 7.30. The van der Waals surface area contributed by atoms with Gasteiger partial charge in [-0.15, -0.1) is 11.3 Å². The molecule has 2 aromatic heterocycles. The van der Waals surface area contributed by atoms with Crippen LogP contribution < -0.4 is 4.90 Å². The lowest BCUT2D eigenvalue weighted by molar-refractivity contribution is 0.278. The summed E-state index contributed by atoms with van der Waals surface area (Å²) in [6, 6.07) is 22.0. The Kier molecular flexibility index (Phi) is 5.60. The monoisotopic (exact) mass is 454 g/mol. The summed E-state index contributed by atoms with van der Waals surface area (Å²) in [4.78, 5) is 15.9. The van der Waals surface area contributed by atoms with Crippen molar-refractivity contribution in [3.05, 3.63) is 77.9 Å². The van der Waals surface area contributed by atoms with Gasteiger partial charge in [-0.25, -0.2) is 9.97 Å². The van der Waals surface area contributed by atoms with Gasteiger partial charge < -0.3 is 9.80 Å². The molecule has 2 fully saturated rings. The van der Waals surface area contributed by atoms with E-state index in [-0.39, 0.29) is 0 Å². The Bertz CT molecular complexity index is 1220. The Morgan fingerprint density at radius 1 is 0.970 bits per heavy atom. The highest BCUT2D eigenvalue weighted by Crippen LogP contribution is 2.44. The molecule has 2 aromatic carbocycles. The molecule has 4 heterocycles. The molecular formula is C28H30N4S. The molecule has 0 bridgehead atoms. The second-order valence-corrected chi connectivity index (χ2v) is 10.6. The van der Waals surface area contributed by atoms with Crippen LogP contribution in [0.15, 0.2) is 72.4 Å². The fraction of sp³-hybridized carbons (Fsp3) is 0.357. The van der Waals surface area contributed by atoms with Gasteiger partial charge in [0, 0.05) is 30.6 Å². The van der Waals surface area contributed by atoms with Crippen molar-refractivity contribution < 1.29 is 0 Å². The van der Waals surface area contributed by atoms with Crippen molar-refractivity contribution in [1.82, 2.24) is 14.9 Å². The minimum atomic E-state index is 0.345. The lowest BCUT2D eigenvalue weighted by Gasteiger charge is -2.27. The molecule has 4 aromatic rings. The molecule has 0 spiro atoms. The van der Waals surface area contributed by atoms with E-state index in [2.05, 4.69) is 87.8 Å². The van der Waals surface area contributed by atoms with Gasteiger partial charge in [-0.05, 0) is 42.3 Å². The van der Waals surface area contributed by atoms with E-state index in [1.807, 2.05) is 0 Å². The van der Waals surface area contributed by atoms with E-state index in [0.29, 0.717) is 12.0 Å². The number of likely N-dealkylation sites (tertiary alicyclic amines) is 1. The number of hydrogen-bond donors (Lipinski definition) is 0. The van der Waals surface area contributed by atoms with Crippen molar-refractivity contribution in [2.45, 2.75) is 25.8 Å². The molecule has 2 saturated heterocycles. The highest BCUT2D eigenvalue weighted by molar-refractivity contribution is 7.17. The first-order chi connectivity index (χ1) is 16.3. The molecular weight excluding hydrogens is 424 g/mol. The van der Waals surface area contributed by atoms with Crippen molar-refractivity contribution in [3.8, 4) is 11.1 Å². The van der Waals surface area contributed by atoms with Crippen LogP contribution >= 0.6 is 11.3 Å². The van der Waals surface area contributed by atoms with Crippen molar-refractivity contribution in [1.29, 1.82) is 0 Å². The second kappa shape index (κ2) is 8.88. The van der Waals surface area contributed by atoms with Gasteiger partial charge in [-0.2, -0.15) is 0 Å². The number of nitrogens with zero attached hydrogens (tertiary/aromatic N) is 4. The number of anilines is 1. The summed E-state index contributed by atoms with van der Waals surface area (Å²) in [7, 11) is 0. The normalized spacial score (nSPS) is 23.5. The maximum absolute atomic E-state index is 4.91. The van der Waals surface area contributed by atoms with Gasteiger partial charge in [-0.3, -0.25) is 0 Å². The standard InChI is InChI=1S/C28H30N4S/c1-20-12-13-31(15-20)16-21-14-25(23-10-6-3-7-11-23)32(17-21)27-26-24(22-8-4-2-5-9-22)18-33-28(26)30-19-29-27/h2-11,18-21,25H,12-17H2,1H3. The van der Waals surface area contributed by atoms with Gasteiger partial charge in [-0.1, -0.05) is 67.6 Å². The zero-order valence-electron chi connectivity index (χ0n) is 19.1. The summed E-state index contributed by atoms with van der Waals surface area (Å²) in [5.74, 6) is 2.56. The average Bonchev–Trinajstić information content (AvgIpc) is 3.58. The third kappa shape index (κ3) is 4.04. The topological polar surface area (TPSA) is 32.3 Å². The summed E-state index contributed by atoms with van der Waals surface area (Å²) in [5.41, 5.74) is 3.87. The van der Waals surface area contributed by atoms with E-state index >= 15 is 0 Å². The fourth-order valence-corrected chi connectivity index (χ4v) is 6.66. The van der Waals surface area contributed by atoms with E-state index in [1.54, 1.807) is 17.7 Å². The zero-order chi connectivity index (χ0) is 22.2. The molecule has 3 atom stereocenters. The highest BCUT2D eigenvalue weighted by atomic mass is 32.1. The number of thiophene rings is 1. The van der Waals surface area contributed by atoms with Crippen LogP contribution in [-0.4, -0.2) is 41.0 Å². The molecule has 5 heteroatoms. The van der Waals surface area contributed by atoms with Gasteiger partial charge in [0.25, 0.3) is 0 Å². The zero-order valence-corrected chi connectivity index (χ0v) is 19.9. The van der Waals surface area contributed by atoms with Crippen LogP contribution in [0.2, 0.25) is 0 Å². The Hall–Kier alpha value is -2.76. The maximum atomic E-state index is 4.91. The Morgan fingerprint density at radius 2 is 1.76 bits per heavy atom. The largest absolute Gasteiger partial charge is 0.349 e. The van der Waals surface area contributed by atoms with Gasteiger partial charge in [0.15, 0.2) is 0 Å². The number of benzene rings is 2. The number of fused-ring (bicyclic) bond motifs is 1. The minimum Gasteiger partial charge on any atom is -0.349 e. The van der Waals surface area contributed by atoms with Crippen molar-refractivity contribution >= 4 is 27.4 Å². The lowest BCUT2D eigenvalue weighted by Crippen LogP contribution is -2.30. The van der Waals surface area contributed by atoms with Gasteiger partial charge >= 0.3 is 0 Å². The average molecular weight is 455 g/mol. The number of hydrogen-bond acceptors (Lipinski definition) is 5. The molecule has 3 unspecified atom stereocenters. The molecule has 33 heavy (non-hydrogen) atoms. The summed E-state index contributed by atoms with van der Waals surface area (Å²) in [6.45, 7) is 7.10. The van der Waals surface area contributed by atoms with Crippen molar-refractivity contribution in [2.75, 3.05) is 31.1 Å². The molecule has 0 aliphatic carbocycles. The molecule has 0 radical (unpaired) electrons. The molecule has 0 amide bonds. The van der Waals surface area contributed by atoms with Gasteiger partial charge in [0.2, 0.25) is 0 Å². The van der Waals surface area contributed by atoms with Gasteiger partial charge in [0.1, 0.15) is 17.0 Å². The van der Waals surface area contributed by atoms with Crippen LogP contribution in [0.1, 0.15) is 31.4 Å². The summed E-state index contributed by atoms with van der Waals surface area (Å²) < 4.78 is 0. The Balaban J connectivity index is 1.40. The SMILES string of the molecule is CC1CCN(CC2CC(c3ccccc3)N(c3ncnc4scc(-c5ccccc5)c34)C2)C1. The molecule has 2 aliphatic heterocycles. The molecule has 0 N–H and O–H groups in total. The van der Waals surface area contributed by atoms with E-state index in [9.17, 15) is 0 Å². The van der Waals surface area contributed by atoms with Crippen LogP contribution in [0, 0.1) is 11.8 Å². The van der Waals surface area contributed by atoms with Crippen molar-refractivity contribution in [2.24, 2.45) is 11.8 Å². The Morgan fingerprint density at radius 3 is 2.52 bits per heavy atom. The van der Waals surface area contributed by atoms with Crippen molar-refractivity contribution in [3.63, 3.8) is 0 Å². The van der Waals surface area contributed by atoms with Gasteiger partial charge in [0.05, 0.1) is 11.4 Å². The first kappa shape index (κ1) is 20.8. The van der Waals surface area contributed by atoms with Crippen LogP contribution in [0.25, 0.3) is 21.3 Å². The van der Waals surface area contributed by atoms with Crippen LogP contribution in [0.5, 0.6) is 0 Å². The fourth-order valence-electron chi connectivity index (χ4n) is 5.75. The predicted molar refractivity (Wildman–Crippen MR) is 138 cm³/mol.